The van der Waals surface area contributed by atoms with Crippen LogP contribution in [0.5, 0.6) is 5.75 Å². The van der Waals surface area contributed by atoms with Crippen LogP contribution in [-0.4, -0.2) is 39.7 Å². The molecule has 2 saturated heterocycles. The summed E-state index contributed by atoms with van der Waals surface area (Å²) in [4.78, 5) is 67.6. The zero-order valence-corrected chi connectivity index (χ0v) is 21.7. The fourth-order valence-electron chi connectivity index (χ4n) is 7.21. The van der Waals surface area contributed by atoms with Crippen LogP contribution in [0.15, 0.2) is 48.0 Å². The van der Waals surface area contributed by atoms with Crippen LogP contribution in [-0.2, 0) is 19.2 Å². The number of amides is 6. The molecule has 6 atom stereocenters. The molecule has 2 aliphatic carbocycles. The van der Waals surface area contributed by atoms with E-state index in [1.54, 1.807) is 13.0 Å². The first kappa shape index (κ1) is 26.1. The van der Waals surface area contributed by atoms with Gasteiger partial charge in [-0.2, -0.15) is 4.90 Å². The van der Waals surface area contributed by atoms with Gasteiger partial charge < -0.3 is 10.8 Å². The van der Waals surface area contributed by atoms with Crippen LogP contribution in [0.3, 0.4) is 0 Å². The molecular weight excluding hydrogens is 548 g/mol. The first-order chi connectivity index (χ1) is 18.9. The number of halogens is 3. The van der Waals surface area contributed by atoms with Crippen molar-refractivity contribution in [1.29, 1.82) is 0 Å². The van der Waals surface area contributed by atoms with E-state index in [4.69, 9.17) is 17.3 Å². The summed E-state index contributed by atoms with van der Waals surface area (Å²) in [5.74, 6) is -10.2. The predicted molar refractivity (Wildman–Crippen MR) is 136 cm³/mol. The number of anilines is 1. The largest absolute Gasteiger partial charge is 0.505 e. The van der Waals surface area contributed by atoms with Crippen molar-refractivity contribution in [3.63, 3.8) is 0 Å². The Bertz CT molecular complexity index is 1590. The predicted octanol–water partition coefficient (Wildman–Crippen LogP) is 3.63. The Kier molecular flexibility index (Phi) is 5.67. The maximum absolute atomic E-state index is 14.7. The second kappa shape index (κ2) is 8.69. The van der Waals surface area contributed by atoms with E-state index in [-0.39, 0.29) is 29.1 Å². The van der Waals surface area contributed by atoms with Crippen molar-refractivity contribution in [3.8, 4) is 5.75 Å². The normalized spacial score (nSPS) is 31.2. The maximum atomic E-state index is 14.7. The number of carbonyl (C=O) groups is 5. The lowest BCUT2D eigenvalue weighted by Crippen LogP contribution is -2.49. The molecular formula is C28H22ClF2N3O6. The number of para-hydroxylation sites is 1. The topological polar surface area (TPSA) is 138 Å². The van der Waals surface area contributed by atoms with Gasteiger partial charge >= 0.3 is 6.03 Å². The average Bonchev–Trinajstić information content (AvgIpc) is 3.27. The number of primary amides is 1. The molecule has 2 heterocycles. The zero-order chi connectivity index (χ0) is 28.8. The number of likely N-dealkylation sites (tertiary alicyclic amines) is 1. The van der Waals surface area contributed by atoms with Crippen molar-refractivity contribution in [2.24, 2.45) is 34.8 Å². The summed E-state index contributed by atoms with van der Waals surface area (Å²) in [6.07, 6.45) is 1.67. The number of imide groups is 4. The second-order valence-electron chi connectivity index (χ2n) is 10.8. The molecule has 6 amide bonds. The van der Waals surface area contributed by atoms with E-state index >= 15 is 0 Å². The van der Waals surface area contributed by atoms with Crippen LogP contribution < -0.4 is 10.6 Å². The molecule has 0 aromatic heterocycles. The van der Waals surface area contributed by atoms with Gasteiger partial charge in [0.25, 0.3) is 0 Å². The van der Waals surface area contributed by atoms with E-state index in [1.165, 1.54) is 18.2 Å². The molecule has 4 aliphatic rings. The number of aromatic hydroxyl groups is 1. The van der Waals surface area contributed by atoms with Crippen LogP contribution in [0.2, 0.25) is 5.02 Å². The van der Waals surface area contributed by atoms with Gasteiger partial charge in [0.2, 0.25) is 23.6 Å². The van der Waals surface area contributed by atoms with Crippen molar-refractivity contribution >= 4 is 46.9 Å². The van der Waals surface area contributed by atoms with Gasteiger partial charge in [0.05, 0.1) is 33.9 Å². The van der Waals surface area contributed by atoms with Gasteiger partial charge in [-0.05, 0) is 49.9 Å². The molecule has 1 saturated carbocycles. The number of allylic oxidation sites excluding steroid dienone is 2. The minimum Gasteiger partial charge on any atom is -0.505 e. The molecule has 3 fully saturated rings. The monoisotopic (exact) mass is 569 g/mol. The first-order valence-electron chi connectivity index (χ1n) is 12.6. The lowest BCUT2D eigenvalue weighted by atomic mass is 9.51. The van der Waals surface area contributed by atoms with E-state index in [0.29, 0.717) is 10.5 Å². The second-order valence-corrected chi connectivity index (χ2v) is 11.2. The van der Waals surface area contributed by atoms with Crippen molar-refractivity contribution in [3.05, 3.63) is 70.3 Å². The minimum absolute atomic E-state index is 0.0288. The van der Waals surface area contributed by atoms with E-state index in [1.807, 2.05) is 0 Å². The standard InChI is InChI=1S/C28H22ClF2N3O6/c1-28-16(24(37)33(26(28)39)11-5-8-18(30)17(29)9-11)10-15-12(21(28)14-3-2-4-19(31)22(14)35)6-7-13-20(15)25(38)34(23(13)36)27(32)40/h2-6,8-9,13,15-16,20-21,35H,7,10H2,1H3,(H2,32,40)/t13-,15+,16-,20-,21+,28+/m0/s1. The smallest absolute Gasteiger partial charge is 0.328 e. The Labute approximate surface area is 231 Å². The third kappa shape index (κ3) is 3.27. The van der Waals surface area contributed by atoms with Crippen LogP contribution in [0, 0.1) is 40.7 Å². The van der Waals surface area contributed by atoms with Gasteiger partial charge in [-0.15, -0.1) is 0 Å². The molecule has 2 aromatic rings. The van der Waals surface area contributed by atoms with Gasteiger partial charge in [-0.25, -0.2) is 18.5 Å². The van der Waals surface area contributed by atoms with E-state index < -0.39 is 82.0 Å². The van der Waals surface area contributed by atoms with Gasteiger partial charge in [-0.1, -0.05) is 35.4 Å². The fraction of sp³-hybridized carbons (Fsp3) is 0.321. The summed E-state index contributed by atoms with van der Waals surface area (Å²) in [6, 6.07) is 6.03. The third-order valence-corrected chi connectivity index (χ3v) is 9.28. The summed E-state index contributed by atoms with van der Waals surface area (Å²) in [6.45, 7) is 1.54. The minimum atomic E-state index is -1.56. The number of carbonyl (C=O) groups excluding carboxylic acids is 5. The third-order valence-electron chi connectivity index (χ3n) is 8.99. The highest BCUT2D eigenvalue weighted by molar-refractivity contribution is 6.31. The number of phenolic OH excluding ortho intramolecular Hbond substituents is 1. The number of benzene rings is 2. The number of hydrogen-bond donors (Lipinski definition) is 2. The fourth-order valence-corrected chi connectivity index (χ4v) is 7.39. The Morgan fingerprint density at radius 3 is 2.45 bits per heavy atom. The highest BCUT2D eigenvalue weighted by atomic mass is 35.5. The van der Waals surface area contributed by atoms with Crippen molar-refractivity contribution in [1.82, 2.24) is 4.90 Å². The number of phenols is 1. The number of nitrogens with zero attached hydrogens (tertiary/aromatic N) is 2. The van der Waals surface area contributed by atoms with Gasteiger partial charge in [0.15, 0.2) is 11.6 Å². The molecule has 206 valence electrons. The Balaban J connectivity index is 1.55. The van der Waals surface area contributed by atoms with Crippen LogP contribution in [0.4, 0.5) is 19.3 Å². The summed E-state index contributed by atoms with van der Waals surface area (Å²) in [5.41, 5.74) is 4.30. The molecule has 2 aromatic carbocycles. The van der Waals surface area contributed by atoms with Gasteiger partial charge in [0.1, 0.15) is 5.82 Å². The molecule has 9 nitrogen and oxygen atoms in total. The molecule has 12 heteroatoms. The molecule has 0 spiro atoms. The number of rotatable bonds is 2. The van der Waals surface area contributed by atoms with Crippen molar-refractivity contribution < 1.29 is 37.9 Å². The highest BCUT2D eigenvalue weighted by Gasteiger charge is 2.68. The zero-order valence-electron chi connectivity index (χ0n) is 20.9. The molecule has 3 N–H and O–H groups in total. The van der Waals surface area contributed by atoms with Crippen molar-refractivity contribution in [2.45, 2.75) is 25.7 Å². The summed E-state index contributed by atoms with van der Waals surface area (Å²) >= 11 is 5.95. The number of urea groups is 1. The van der Waals surface area contributed by atoms with Crippen LogP contribution in [0.1, 0.15) is 31.2 Å². The number of hydrogen-bond acceptors (Lipinski definition) is 6. The quantitative estimate of drug-likeness (QED) is 0.418. The lowest BCUT2D eigenvalue weighted by Gasteiger charge is -2.49. The average molecular weight is 570 g/mol. The molecule has 0 bridgehead atoms. The van der Waals surface area contributed by atoms with Crippen LogP contribution in [0.25, 0.3) is 0 Å². The maximum Gasteiger partial charge on any atom is 0.328 e. The Hall–Kier alpha value is -4.12. The molecule has 0 unspecified atom stereocenters. The van der Waals surface area contributed by atoms with Gasteiger partial charge in [-0.3, -0.25) is 19.2 Å². The molecule has 6 rings (SSSR count). The Morgan fingerprint density at radius 1 is 1.05 bits per heavy atom. The summed E-state index contributed by atoms with van der Waals surface area (Å²) in [5, 5.41) is 10.5. The number of nitrogens with two attached hydrogens (primary N) is 1. The lowest BCUT2D eigenvalue weighted by molar-refractivity contribution is -0.136. The van der Waals surface area contributed by atoms with Crippen LogP contribution >= 0.6 is 11.6 Å². The van der Waals surface area contributed by atoms with Crippen molar-refractivity contribution in [2.75, 3.05) is 4.90 Å². The first-order valence-corrected chi connectivity index (χ1v) is 12.9. The van der Waals surface area contributed by atoms with Gasteiger partial charge in [0, 0.05) is 11.5 Å². The molecule has 0 radical (unpaired) electrons. The molecule has 40 heavy (non-hydrogen) atoms. The van der Waals surface area contributed by atoms with E-state index in [2.05, 4.69) is 0 Å². The SMILES string of the molecule is C[C@@]12C(=O)N(c3ccc(F)c(Cl)c3)C(=O)[C@@H]1C[C@@H]1C(=CC[C@@H]3C(=O)N(C(N)=O)C(=O)[C@@H]31)[C@@H]2c1cccc(F)c1O. The highest BCUT2D eigenvalue weighted by Crippen LogP contribution is 2.64. The summed E-state index contributed by atoms with van der Waals surface area (Å²) < 4.78 is 28.6. The molecule has 2 aliphatic heterocycles. The Morgan fingerprint density at radius 2 is 1.77 bits per heavy atom. The number of fused-ring (bicyclic) bond motifs is 4. The van der Waals surface area contributed by atoms with E-state index in [0.717, 1.165) is 23.1 Å². The summed E-state index contributed by atoms with van der Waals surface area (Å²) in [7, 11) is 0. The van der Waals surface area contributed by atoms with E-state index in [9.17, 15) is 37.9 Å².